The van der Waals surface area contributed by atoms with Crippen LogP contribution in [0.4, 0.5) is 5.95 Å². The van der Waals surface area contributed by atoms with E-state index in [1.54, 1.807) is 0 Å². The molecule has 254 valence electrons. The Labute approximate surface area is 291 Å². The van der Waals surface area contributed by atoms with Crippen LogP contribution in [0.25, 0.3) is 0 Å². The van der Waals surface area contributed by atoms with Crippen molar-refractivity contribution in [1.82, 2.24) is 35.4 Å². The maximum Gasteiger partial charge on any atom is 0.285 e. The topological polar surface area (TPSA) is 132 Å². The highest BCUT2D eigenvalue weighted by molar-refractivity contribution is 7.82. The number of hydrogen-bond donors (Lipinski definition) is 3. The third-order valence-corrected chi connectivity index (χ3v) is 12.9. The zero-order chi connectivity index (χ0) is 33.8. The maximum atomic E-state index is 14.8. The number of hydrogen-bond acceptors (Lipinski definition) is 10. The first-order chi connectivity index (χ1) is 22.2. The van der Waals surface area contributed by atoms with Crippen molar-refractivity contribution in [1.29, 1.82) is 0 Å². The number of carbonyl (C=O) groups excluding carboxylic acids is 3. The summed E-state index contributed by atoms with van der Waals surface area (Å²) in [5.41, 5.74) is 0.477. The largest absolute Gasteiger partial charge is 0.367 e. The lowest BCUT2D eigenvalue weighted by Crippen LogP contribution is -2.58. The smallest absolute Gasteiger partial charge is 0.285 e. The summed E-state index contributed by atoms with van der Waals surface area (Å²) in [6, 6.07) is -0.635. The first-order valence-electron chi connectivity index (χ1n) is 16.5. The van der Waals surface area contributed by atoms with Crippen LogP contribution >= 0.6 is 35.2 Å². The SMILES string of the molecule is CC1CCC2C(C)(C)C2(C(=O)[C@H]2CC[C@H](NC(=S)C(=O)Nc3ncc(Cl)cn3)[C@H](NC(=O)c3nc4c(s3)CN(C)CC4)C2)C1N(C)C. The molecule has 2 aromatic heterocycles. The summed E-state index contributed by atoms with van der Waals surface area (Å²) in [7, 11) is 6.27. The Morgan fingerprint density at radius 1 is 1.09 bits per heavy atom. The molecule has 0 bridgehead atoms. The van der Waals surface area contributed by atoms with Gasteiger partial charge >= 0.3 is 0 Å². The van der Waals surface area contributed by atoms with E-state index >= 15 is 0 Å². The van der Waals surface area contributed by atoms with Crippen molar-refractivity contribution in [3.8, 4) is 0 Å². The van der Waals surface area contributed by atoms with Crippen molar-refractivity contribution >= 4 is 63.7 Å². The molecule has 7 atom stereocenters. The van der Waals surface area contributed by atoms with Crippen LogP contribution in [0.15, 0.2) is 12.4 Å². The van der Waals surface area contributed by atoms with Crippen molar-refractivity contribution in [2.45, 2.75) is 84.0 Å². The van der Waals surface area contributed by atoms with Crippen LogP contribution in [-0.4, -0.2) is 93.2 Å². The van der Waals surface area contributed by atoms with Gasteiger partial charge in [0.15, 0.2) is 10.00 Å². The third-order valence-electron chi connectivity index (χ3n) is 11.3. The predicted octanol–water partition coefficient (Wildman–Crippen LogP) is 3.97. The Morgan fingerprint density at radius 3 is 2.51 bits per heavy atom. The standard InChI is InChI=1S/C33H45ClN8O3S2/c1-17-7-10-24-32(2,3)33(24,25(17)41(4)5)26(43)18-8-9-20(38-29(46)27(44)40-31-35-14-19(34)15-36-31)22(13-18)37-28(45)30-39-21-11-12-42(6)16-23(21)47-30/h14-15,17-18,20,22,24-25H,7-13,16H2,1-6H3,(H,37,45)(H,38,46)(H,35,36,40,44)/t17?,18-,20-,22+,24?,25?,33?/m0/s1. The second-order valence-corrected chi connectivity index (χ2v) is 16.6. The highest BCUT2D eigenvalue weighted by Crippen LogP contribution is 2.77. The van der Waals surface area contributed by atoms with Gasteiger partial charge in [-0.2, -0.15) is 0 Å². The molecule has 4 unspecified atom stereocenters. The summed E-state index contributed by atoms with van der Waals surface area (Å²) >= 11 is 12.8. The summed E-state index contributed by atoms with van der Waals surface area (Å²) in [6.07, 6.45) is 7.43. The van der Waals surface area contributed by atoms with Gasteiger partial charge in [-0.25, -0.2) is 15.0 Å². The number of Topliss-reactive ketones (excluding diaryl/α,β-unsaturated/α-hetero) is 1. The number of thiazole rings is 1. The minimum absolute atomic E-state index is 0.0407. The second-order valence-electron chi connectivity index (χ2n) is 14.7. The number of likely N-dealkylation sites (N-methyl/N-ethyl adjacent to an activating group) is 1. The lowest BCUT2D eigenvalue weighted by atomic mass is 9.66. The fourth-order valence-corrected chi connectivity index (χ4v) is 10.6. The molecular formula is C33H45ClN8O3S2. The van der Waals surface area contributed by atoms with Gasteiger partial charge in [0.2, 0.25) is 5.95 Å². The molecule has 4 aliphatic rings. The number of anilines is 1. The highest BCUT2D eigenvalue weighted by Gasteiger charge is 2.79. The quantitative estimate of drug-likeness (QED) is 0.365. The fraction of sp³-hybridized carbons (Fsp3) is 0.667. The number of fused-ring (bicyclic) bond motifs is 2. The van der Waals surface area contributed by atoms with Crippen LogP contribution in [0.5, 0.6) is 0 Å². The van der Waals surface area contributed by atoms with Gasteiger partial charge in [0.05, 0.1) is 34.6 Å². The lowest BCUT2D eigenvalue weighted by Gasteiger charge is -2.44. The first kappa shape index (κ1) is 34.3. The van der Waals surface area contributed by atoms with E-state index in [0.29, 0.717) is 46.9 Å². The van der Waals surface area contributed by atoms with E-state index < -0.39 is 17.4 Å². The minimum atomic E-state index is -0.561. The first-order valence-corrected chi connectivity index (χ1v) is 18.1. The Hall–Kier alpha value is -2.58. The van der Waals surface area contributed by atoms with Gasteiger partial charge in [-0.05, 0) is 70.5 Å². The average molecular weight is 701 g/mol. The number of halogens is 1. The molecule has 1 aliphatic heterocycles. The normalized spacial score (nSPS) is 31.3. The van der Waals surface area contributed by atoms with E-state index in [1.807, 2.05) is 0 Å². The van der Waals surface area contributed by atoms with Crippen LogP contribution in [0.1, 0.15) is 73.2 Å². The molecule has 11 nitrogen and oxygen atoms in total. The number of aromatic nitrogens is 3. The number of amides is 2. The van der Waals surface area contributed by atoms with Gasteiger partial charge in [-0.3, -0.25) is 19.7 Å². The molecule has 0 saturated heterocycles. The Kier molecular flexibility index (Phi) is 9.51. The molecule has 3 fully saturated rings. The van der Waals surface area contributed by atoms with Gasteiger partial charge in [-0.15, -0.1) is 11.3 Å². The molecule has 3 aliphatic carbocycles. The van der Waals surface area contributed by atoms with Crippen LogP contribution in [0, 0.1) is 28.6 Å². The molecule has 14 heteroatoms. The van der Waals surface area contributed by atoms with Gasteiger partial charge in [0, 0.05) is 42.4 Å². The van der Waals surface area contributed by atoms with E-state index in [2.05, 4.69) is 77.6 Å². The monoisotopic (exact) mass is 700 g/mol. The van der Waals surface area contributed by atoms with E-state index in [-0.39, 0.29) is 40.3 Å². The summed E-state index contributed by atoms with van der Waals surface area (Å²) in [6.45, 7) is 8.48. The van der Waals surface area contributed by atoms with Crippen molar-refractivity contribution < 1.29 is 14.4 Å². The van der Waals surface area contributed by atoms with Crippen molar-refractivity contribution in [2.24, 2.45) is 28.6 Å². The molecule has 47 heavy (non-hydrogen) atoms. The average Bonchev–Trinajstić information content (AvgIpc) is 3.28. The van der Waals surface area contributed by atoms with Crippen molar-refractivity contribution in [3.05, 3.63) is 33.0 Å². The van der Waals surface area contributed by atoms with Crippen LogP contribution in [0.3, 0.4) is 0 Å². The van der Waals surface area contributed by atoms with Crippen molar-refractivity contribution in [3.63, 3.8) is 0 Å². The molecule has 2 amide bonds. The number of nitrogens with one attached hydrogen (secondary N) is 3. The zero-order valence-electron chi connectivity index (χ0n) is 27.9. The summed E-state index contributed by atoms with van der Waals surface area (Å²) in [5, 5.41) is 9.80. The number of carbonyl (C=O) groups is 3. The third kappa shape index (κ3) is 6.22. The van der Waals surface area contributed by atoms with Gasteiger partial charge < -0.3 is 20.4 Å². The number of rotatable bonds is 7. The maximum absolute atomic E-state index is 14.8. The second kappa shape index (κ2) is 13.0. The fourth-order valence-electron chi connectivity index (χ4n) is 9.17. The Morgan fingerprint density at radius 2 is 1.81 bits per heavy atom. The van der Waals surface area contributed by atoms with Crippen molar-refractivity contribution in [2.75, 3.05) is 33.0 Å². The van der Waals surface area contributed by atoms with Crippen LogP contribution in [-0.2, 0) is 22.6 Å². The number of nitrogens with zero attached hydrogens (tertiary/aromatic N) is 5. The molecule has 3 N–H and O–H groups in total. The van der Waals surface area contributed by atoms with Gasteiger partial charge in [0.25, 0.3) is 11.8 Å². The molecule has 0 radical (unpaired) electrons. The molecule has 3 saturated carbocycles. The van der Waals surface area contributed by atoms with Gasteiger partial charge in [0.1, 0.15) is 5.78 Å². The number of thiocarbonyl (C=S) groups is 1. The van der Waals surface area contributed by atoms with Crippen LogP contribution < -0.4 is 16.0 Å². The van der Waals surface area contributed by atoms with E-state index in [9.17, 15) is 14.4 Å². The van der Waals surface area contributed by atoms with Crippen LogP contribution in [0.2, 0.25) is 5.02 Å². The molecule has 2 aromatic rings. The molecular weight excluding hydrogens is 656 g/mol. The number of ketones is 1. The molecule has 6 rings (SSSR count). The summed E-state index contributed by atoms with van der Waals surface area (Å²) in [5.74, 6) is 0.119. The van der Waals surface area contributed by atoms with E-state index in [4.69, 9.17) is 28.8 Å². The summed E-state index contributed by atoms with van der Waals surface area (Å²) in [4.78, 5) is 59.9. The highest BCUT2D eigenvalue weighted by atomic mass is 35.5. The lowest BCUT2D eigenvalue weighted by molar-refractivity contribution is -0.136. The minimum Gasteiger partial charge on any atom is -0.367 e. The summed E-state index contributed by atoms with van der Waals surface area (Å²) < 4.78 is 0. The Balaban J connectivity index is 1.23. The molecule has 3 heterocycles. The van der Waals surface area contributed by atoms with Gasteiger partial charge in [-0.1, -0.05) is 44.6 Å². The molecule has 0 aromatic carbocycles. The zero-order valence-corrected chi connectivity index (χ0v) is 30.3. The predicted molar refractivity (Wildman–Crippen MR) is 187 cm³/mol. The molecule has 0 spiro atoms. The van der Waals surface area contributed by atoms with E-state index in [0.717, 1.165) is 42.9 Å². The Bertz CT molecular complexity index is 1570. The van der Waals surface area contributed by atoms with E-state index in [1.165, 1.54) is 23.7 Å².